The van der Waals surface area contributed by atoms with Crippen LogP contribution in [0.4, 0.5) is 0 Å². The molecule has 0 aliphatic heterocycles. The molecule has 0 bridgehead atoms. The van der Waals surface area contributed by atoms with Gasteiger partial charge in [0.25, 0.3) is 0 Å². The van der Waals surface area contributed by atoms with E-state index in [-0.39, 0.29) is 0 Å². The highest BCUT2D eigenvalue weighted by Crippen LogP contribution is 2.24. The Labute approximate surface area is 103 Å². The van der Waals surface area contributed by atoms with Gasteiger partial charge in [-0.25, -0.2) is 0 Å². The van der Waals surface area contributed by atoms with E-state index in [0.29, 0.717) is 5.75 Å². The van der Waals surface area contributed by atoms with Crippen molar-refractivity contribution in [1.82, 2.24) is 0 Å². The number of hydrogen-bond acceptors (Lipinski definition) is 3. The lowest BCUT2D eigenvalue weighted by molar-refractivity contribution is 0.194. The van der Waals surface area contributed by atoms with Crippen molar-refractivity contribution < 1.29 is 14.6 Å². The van der Waals surface area contributed by atoms with Crippen molar-refractivity contribution in [2.45, 2.75) is 25.7 Å². The van der Waals surface area contributed by atoms with Crippen molar-refractivity contribution in [2.24, 2.45) is 0 Å². The van der Waals surface area contributed by atoms with E-state index < -0.39 is 0 Å². The van der Waals surface area contributed by atoms with E-state index in [1.807, 2.05) is 18.2 Å². The Hall–Kier alpha value is -1.06. The molecule has 3 nitrogen and oxygen atoms in total. The lowest BCUT2D eigenvalue weighted by Crippen LogP contribution is -1.97. The number of hydrogen-bond donors (Lipinski definition) is 1. The summed E-state index contributed by atoms with van der Waals surface area (Å²) in [6, 6.07) is 5.96. The van der Waals surface area contributed by atoms with Crippen molar-refractivity contribution >= 4 is 0 Å². The first-order chi connectivity index (χ1) is 8.29. The normalized spacial score (nSPS) is 10.7. The Bertz CT molecular complexity index is 295. The third-order valence-electron chi connectivity index (χ3n) is 2.79. The molecule has 1 N–H and O–H groups in total. The summed E-state index contributed by atoms with van der Waals surface area (Å²) in [4.78, 5) is 0. The fourth-order valence-electron chi connectivity index (χ4n) is 1.86. The second-order valence-electron chi connectivity index (χ2n) is 4.12. The topological polar surface area (TPSA) is 38.7 Å². The molecule has 17 heavy (non-hydrogen) atoms. The van der Waals surface area contributed by atoms with E-state index in [2.05, 4.69) is 0 Å². The highest BCUT2D eigenvalue weighted by molar-refractivity contribution is 5.40. The molecule has 1 aromatic rings. The van der Waals surface area contributed by atoms with Crippen LogP contribution in [0.1, 0.15) is 24.0 Å². The largest absolute Gasteiger partial charge is 0.507 e. The molecule has 0 saturated carbocycles. The third-order valence-corrected chi connectivity index (χ3v) is 2.79. The van der Waals surface area contributed by atoms with Gasteiger partial charge in [-0.1, -0.05) is 18.2 Å². The van der Waals surface area contributed by atoms with Crippen LogP contribution in [0.2, 0.25) is 0 Å². The van der Waals surface area contributed by atoms with Crippen molar-refractivity contribution in [3.8, 4) is 5.75 Å². The summed E-state index contributed by atoms with van der Waals surface area (Å²) in [6.07, 6.45) is 3.59. The highest BCUT2D eigenvalue weighted by atomic mass is 16.5. The Morgan fingerprint density at radius 3 is 1.82 bits per heavy atom. The van der Waals surface area contributed by atoms with Gasteiger partial charge in [0, 0.05) is 27.4 Å². The molecule has 96 valence electrons. The van der Waals surface area contributed by atoms with Gasteiger partial charge in [0.2, 0.25) is 0 Å². The molecule has 1 rings (SSSR count). The van der Waals surface area contributed by atoms with Gasteiger partial charge in [-0.2, -0.15) is 0 Å². The fraction of sp³-hybridized carbons (Fsp3) is 0.571. The van der Waals surface area contributed by atoms with E-state index in [1.54, 1.807) is 14.2 Å². The maximum absolute atomic E-state index is 10.1. The molecule has 0 fully saturated rings. The number of phenolic OH excluding ortho intramolecular Hbond substituents is 1. The van der Waals surface area contributed by atoms with Crippen LogP contribution in [0.3, 0.4) is 0 Å². The molecule has 0 radical (unpaired) electrons. The zero-order chi connectivity index (χ0) is 12.5. The standard InChI is InChI=1S/C14H22O3/c1-16-10-4-8-12-6-3-7-13(14(12)15)9-5-11-17-2/h3,6-7,15H,4-5,8-11H2,1-2H3. The Kier molecular flexibility index (Phi) is 6.67. The van der Waals surface area contributed by atoms with Gasteiger partial charge in [-0.3, -0.25) is 0 Å². The van der Waals surface area contributed by atoms with Crippen LogP contribution >= 0.6 is 0 Å². The monoisotopic (exact) mass is 238 g/mol. The zero-order valence-electron chi connectivity index (χ0n) is 10.7. The molecular weight excluding hydrogens is 216 g/mol. The molecule has 0 aliphatic carbocycles. The Morgan fingerprint density at radius 1 is 0.941 bits per heavy atom. The van der Waals surface area contributed by atoms with Crippen LogP contribution in [0.15, 0.2) is 18.2 Å². The summed E-state index contributed by atoms with van der Waals surface area (Å²) in [5.41, 5.74) is 2.02. The third kappa shape index (κ3) is 4.75. The second-order valence-corrected chi connectivity index (χ2v) is 4.12. The Morgan fingerprint density at radius 2 is 1.41 bits per heavy atom. The summed E-state index contributed by atoms with van der Waals surface area (Å²) >= 11 is 0. The minimum absolute atomic E-state index is 0.444. The molecule has 3 heteroatoms. The molecular formula is C14H22O3. The maximum Gasteiger partial charge on any atom is 0.121 e. The van der Waals surface area contributed by atoms with Crippen LogP contribution in [0, 0.1) is 0 Å². The van der Waals surface area contributed by atoms with Gasteiger partial charge >= 0.3 is 0 Å². The first-order valence-electron chi connectivity index (χ1n) is 6.07. The van der Waals surface area contributed by atoms with Crippen LogP contribution in [-0.2, 0) is 22.3 Å². The number of aryl methyl sites for hydroxylation is 2. The van der Waals surface area contributed by atoms with Gasteiger partial charge < -0.3 is 14.6 Å². The van der Waals surface area contributed by atoms with E-state index in [1.165, 1.54) is 0 Å². The first-order valence-corrected chi connectivity index (χ1v) is 6.07. The zero-order valence-corrected chi connectivity index (χ0v) is 10.7. The van der Waals surface area contributed by atoms with E-state index in [0.717, 1.165) is 50.0 Å². The van der Waals surface area contributed by atoms with Crippen LogP contribution in [-0.4, -0.2) is 32.5 Å². The van der Waals surface area contributed by atoms with Gasteiger partial charge in [0.05, 0.1) is 0 Å². The minimum atomic E-state index is 0.444. The van der Waals surface area contributed by atoms with E-state index in [4.69, 9.17) is 9.47 Å². The van der Waals surface area contributed by atoms with Crippen LogP contribution in [0.5, 0.6) is 5.75 Å². The number of benzene rings is 1. The van der Waals surface area contributed by atoms with E-state index in [9.17, 15) is 5.11 Å². The predicted octanol–water partition coefficient (Wildman–Crippen LogP) is 2.55. The highest BCUT2D eigenvalue weighted by Gasteiger charge is 2.06. The minimum Gasteiger partial charge on any atom is -0.507 e. The van der Waals surface area contributed by atoms with Crippen molar-refractivity contribution in [2.75, 3.05) is 27.4 Å². The molecule has 1 aromatic carbocycles. The van der Waals surface area contributed by atoms with Gasteiger partial charge in [0.1, 0.15) is 5.75 Å². The summed E-state index contributed by atoms with van der Waals surface area (Å²) in [7, 11) is 3.39. The van der Waals surface area contributed by atoms with Crippen LogP contribution in [0.25, 0.3) is 0 Å². The maximum atomic E-state index is 10.1. The predicted molar refractivity (Wildman–Crippen MR) is 68.5 cm³/mol. The molecule has 0 amide bonds. The number of para-hydroxylation sites is 1. The lowest BCUT2D eigenvalue weighted by Gasteiger charge is -2.09. The van der Waals surface area contributed by atoms with Gasteiger partial charge in [0.15, 0.2) is 0 Å². The second kappa shape index (κ2) is 8.09. The first kappa shape index (κ1) is 14.0. The number of phenols is 1. The summed E-state index contributed by atoms with van der Waals surface area (Å²) in [5.74, 6) is 0.444. The average molecular weight is 238 g/mol. The number of rotatable bonds is 8. The van der Waals surface area contributed by atoms with Crippen molar-refractivity contribution in [3.63, 3.8) is 0 Å². The van der Waals surface area contributed by atoms with Gasteiger partial charge in [-0.05, 0) is 36.8 Å². The summed E-state index contributed by atoms with van der Waals surface area (Å²) in [5, 5.41) is 10.1. The summed E-state index contributed by atoms with van der Waals surface area (Å²) in [6.45, 7) is 1.46. The van der Waals surface area contributed by atoms with E-state index >= 15 is 0 Å². The van der Waals surface area contributed by atoms with Gasteiger partial charge in [-0.15, -0.1) is 0 Å². The summed E-state index contributed by atoms with van der Waals surface area (Å²) < 4.78 is 10.0. The fourth-order valence-corrected chi connectivity index (χ4v) is 1.86. The molecule has 0 atom stereocenters. The number of methoxy groups -OCH3 is 2. The Balaban J connectivity index is 2.56. The van der Waals surface area contributed by atoms with Crippen molar-refractivity contribution in [3.05, 3.63) is 29.3 Å². The SMILES string of the molecule is COCCCc1cccc(CCCOC)c1O. The molecule has 0 heterocycles. The van der Waals surface area contributed by atoms with Crippen molar-refractivity contribution in [1.29, 1.82) is 0 Å². The molecule has 0 saturated heterocycles. The average Bonchev–Trinajstić information content (AvgIpc) is 2.34. The number of aromatic hydroxyl groups is 1. The van der Waals surface area contributed by atoms with Crippen LogP contribution < -0.4 is 0 Å². The lowest BCUT2D eigenvalue weighted by atomic mass is 10.0. The smallest absolute Gasteiger partial charge is 0.121 e. The quantitative estimate of drug-likeness (QED) is 0.707. The molecule has 0 aliphatic rings. The molecule has 0 unspecified atom stereocenters. The molecule has 0 aromatic heterocycles. The number of ether oxygens (including phenoxy) is 2. The molecule has 0 spiro atoms.